The van der Waals surface area contributed by atoms with Gasteiger partial charge in [-0.25, -0.2) is 9.78 Å². The maximum absolute atomic E-state index is 13.0. The summed E-state index contributed by atoms with van der Waals surface area (Å²) < 4.78 is 14.5. The first kappa shape index (κ1) is 23.1. The van der Waals surface area contributed by atoms with Gasteiger partial charge in [0.15, 0.2) is 11.2 Å². The second-order valence-corrected chi connectivity index (χ2v) is 7.89. The quantitative estimate of drug-likeness (QED) is 0.362. The van der Waals surface area contributed by atoms with Gasteiger partial charge in [-0.2, -0.15) is 0 Å². The van der Waals surface area contributed by atoms with Crippen LogP contribution < -0.4 is 20.7 Å². The number of aromatic amines is 1. The van der Waals surface area contributed by atoms with E-state index in [-0.39, 0.29) is 0 Å². The number of nitrogens with zero attached hydrogens (tertiary/aromatic N) is 3. The summed E-state index contributed by atoms with van der Waals surface area (Å²) in [6.07, 6.45) is 3.39. The van der Waals surface area contributed by atoms with Gasteiger partial charge in [-0.15, -0.1) is 0 Å². The lowest BCUT2D eigenvalue weighted by molar-refractivity contribution is 0.363. The van der Waals surface area contributed by atoms with Crippen molar-refractivity contribution in [1.82, 2.24) is 19.1 Å². The van der Waals surface area contributed by atoms with E-state index >= 15 is 0 Å². The number of ether oxygens (including phenoxy) is 2. The number of para-hydroxylation sites is 1. The Morgan fingerprint density at radius 3 is 2.56 bits per heavy atom. The molecule has 0 aliphatic heterocycles. The number of H-pyrrole nitrogens is 1. The van der Waals surface area contributed by atoms with Gasteiger partial charge in [0.05, 0.1) is 13.7 Å². The van der Waals surface area contributed by atoms with Crippen molar-refractivity contribution in [3.05, 3.63) is 87.6 Å². The van der Waals surface area contributed by atoms with Gasteiger partial charge in [0.1, 0.15) is 23.9 Å². The fraction of sp³-hybridized carbons (Fsp3) is 0.269. The van der Waals surface area contributed by atoms with Crippen LogP contribution in [-0.4, -0.2) is 32.8 Å². The predicted octanol–water partition coefficient (Wildman–Crippen LogP) is 3.98. The van der Waals surface area contributed by atoms with Gasteiger partial charge in [-0.1, -0.05) is 44.2 Å². The van der Waals surface area contributed by atoms with Crippen molar-refractivity contribution in [2.45, 2.75) is 32.9 Å². The molecule has 2 aromatic carbocycles. The molecule has 8 heteroatoms. The van der Waals surface area contributed by atoms with Crippen LogP contribution in [0.5, 0.6) is 11.5 Å². The van der Waals surface area contributed by atoms with Crippen LogP contribution in [0.1, 0.15) is 25.3 Å². The van der Waals surface area contributed by atoms with Crippen molar-refractivity contribution in [2.24, 2.45) is 0 Å². The van der Waals surface area contributed by atoms with E-state index in [4.69, 9.17) is 14.5 Å². The molecule has 0 amide bonds. The van der Waals surface area contributed by atoms with Crippen LogP contribution >= 0.6 is 0 Å². The van der Waals surface area contributed by atoms with Crippen molar-refractivity contribution in [1.29, 1.82) is 0 Å². The molecule has 2 aromatic heterocycles. The molecule has 176 valence electrons. The zero-order valence-electron chi connectivity index (χ0n) is 19.4. The topological polar surface area (TPSA) is 91.1 Å². The zero-order valence-corrected chi connectivity index (χ0v) is 19.4. The Morgan fingerprint density at radius 1 is 1.09 bits per heavy atom. The fourth-order valence-corrected chi connectivity index (χ4v) is 3.93. The minimum absolute atomic E-state index is 0.347. The number of nitrogens with one attached hydrogen (secondary N) is 1. The van der Waals surface area contributed by atoms with E-state index in [0.29, 0.717) is 48.2 Å². The summed E-state index contributed by atoms with van der Waals surface area (Å²) in [6, 6.07) is 15.1. The summed E-state index contributed by atoms with van der Waals surface area (Å²) >= 11 is 0. The molecule has 4 rings (SSSR count). The van der Waals surface area contributed by atoms with Gasteiger partial charge in [0.2, 0.25) is 0 Å². The largest absolute Gasteiger partial charge is 0.496 e. The summed E-state index contributed by atoms with van der Waals surface area (Å²) in [4.78, 5) is 32.9. The summed E-state index contributed by atoms with van der Waals surface area (Å²) in [5.74, 6) is 1.99. The molecule has 0 fully saturated rings. The zero-order chi connectivity index (χ0) is 24.1. The van der Waals surface area contributed by atoms with E-state index < -0.39 is 11.2 Å². The molecule has 2 heterocycles. The number of fused-ring (bicyclic) bond motifs is 1. The standard InChI is InChI=1S/C26H28N4O4/c1-4-6-15-29-24-22(25(31)28-26(29)32)30(17-19-9-7-8-10-21(19)33-3)23(27-24)18-11-13-20(14-12-18)34-16-5-2/h5,7-14H,2,4,6,15-17H2,1,3H3,(H,28,31,32). The van der Waals surface area contributed by atoms with E-state index in [0.717, 1.165) is 24.0 Å². The Bertz CT molecular complexity index is 1410. The van der Waals surface area contributed by atoms with Gasteiger partial charge in [-0.3, -0.25) is 14.3 Å². The number of aromatic nitrogens is 4. The highest BCUT2D eigenvalue weighted by Gasteiger charge is 2.20. The van der Waals surface area contributed by atoms with Gasteiger partial charge in [0.25, 0.3) is 5.56 Å². The molecule has 0 spiro atoms. The summed E-state index contributed by atoms with van der Waals surface area (Å²) in [7, 11) is 1.61. The predicted molar refractivity (Wildman–Crippen MR) is 133 cm³/mol. The lowest BCUT2D eigenvalue weighted by atomic mass is 10.1. The average molecular weight is 461 g/mol. The minimum Gasteiger partial charge on any atom is -0.496 e. The number of unbranched alkanes of at least 4 members (excludes halogenated alkanes) is 1. The molecule has 0 saturated carbocycles. The number of hydrogen-bond donors (Lipinski definition) is 1. The molecule has 0 aliphatic carbocycles. The molecular weight excluding hydrogens is 432 g/mol. The van der Waals surface area contributed by atoms with Crippen molar-refractivity contribution in [3.63, 3.8) is 0 Å². The lowest BCUT2D eigenvalue weighted by Gasteiger charge is -2.13. The van der Waals surface area contributed by atoms with Crippen LogP contribution in [0.15, 0.2) is 70.8 Å². The Hall–Kier alpha value is -4.07. The fourth-order valence-electron chi connectivity index (χ4n) is 3.93. The lowest BCUT2D eigenvalue weighted by Crippen LogP contribution is -2.31. The van der Waals surface area contributed by atoms with Crippen LogP contribution in [0.4, 0.5) is 0 Å². The molecule has 34 heavy (non-hydrogen) atoms. The summed E-state index contributed by atoms with van der Waals surface area (Å²) in [6.45, 7) is 6.95. The average Bonchev–Trinajstić information content (AvgIpc) is 3.22. The van der Waals surface area contributed by atoms with Crippen LogP contribution in [-0.2, 0) is 13.1 Å². The molecule has 0 atom stereocenters. The molecule has 0 radical (unpaired) electrons. The van der Waals surface area contributed by atoms with Crippen molar-refractivity contribution < 1.29 is 9.47 Å². The summed E-state index contributed by atoms with van der Waals surface area (Å²) in [5, 5.41) is 0. The third-order valence-corrected chi connectivity index (χ3v) is 5.62. The smallest absolute Gasteiger partial charge is 0.330 e. The van der Waals surface area contributed by atoms with E-state index in [1.165, 1.54) is 0 Å². The van der Waals surface area contributed by atoms with Crippen LogP contribution in [0.2, 0.25) is 0 Å². The number of hydrogen-bond acceptors (Lipinski definition) is 5. The van der Waals surface area contributed by atoms with E-state index in [9.17, 15) is 9.59 Å². The Labute approximate surface area is 197 Å². The molecule has 0 unspecified atom stereocenters. The number of rotatable bonds is 10. The molecule has 0 saturated heterocycles. The Morgan fingerprint density at radius 2 is 1.85 bits per heavy atom. The SMILES string of the molecule is C=CCOc1ccc(-c2nc3c(c(=O)[nH]c(=O)n3CCCC)n2Cc2ccccc2OC)cc1. The van der Waals surface area contributed by atoms with E-state index in [1.807, 2.05) is 53.1 Å². The summed E-state index contributed by atoms with van der Waals surface area (Å²) in [5.41, 5.74) is 1.50. The molecule has 0 bridgehead atoms. The van der Waals surface area contributed by atoms with Crippen molar-refractivity contribution >= 4 is 11.2 Å². The highest BCUT2D eigenvalue weighted by atomic mass is 16.5. The monoisotopic (exact) mass is 460 g/mol. The van der Waals surface area contributed by atoms with Crippen molar-refractivity contribution in [3.8, 4) is 22.9 Å². The first-order valence-corrected chi connectivity index (χ1v) is 11.3. The maximum atomic E-state index is 13.0. The highest BCUT2D eigenvalue weighted by molar-refractivity contribution is 5.77. The first-order chi connectivity index (χ1) is 16.6. The second kappa shape index (κ2) is 10.2. The first-order valence-electron chi connectivity index (χ1n) is 11.3. The number of imidazole rings is 1. The molecule has 0 aliphatic rings. The molecule has 4 aromatic rings. The third kappa shape index (κ3) is 4.52. The van der Waals surface area contributed by atoms with Crippen LogP contribution in [0.25, 0.3) is 22.6 Å². The van der Waals surface area contributed by atoms with E-state index in [2.05, 4.69) is 18.5 Å². The Kier molecular flexibility index (Phi) is 6.96. The van der Waals surface area contributed by atoms with E-state index in [1.54, 1.807) is 17.8 Å². The maximum Gasteiger partial charge on any atom is 0.330 e. The molecular formula is C26H28N4O4. The second-order valence-electron chi connectivity index (χ2n) is 7.89. The van der Waals surface area contributed by atoms with Gasteiger partial charge >= 0.3 is 5.69 Å². The number of aryl methyl sites for hydroxylation is 1. The third-order valence-electron chi connectivity index (χ3n) is 5.62. The highest BCUT2D eigenvalue weighted by Crippen LogP contribution is 2.28. The van der Waals surface area contributed by atoms with Gasteiger partial charge in [0, 0.05) is 17.7 Å². The van der Waals surface area contributed by atoms with Crippen LogP contribution in [0.3, 0.4) is 0 Å². The van der Waals surface area contributed by atoms with Crippen LogP contribution in [0, 0.1) is 0 Å². The van der Waals surface area contributed by atoms with Crippen molar-refractivity contribution in [2.75, 3.05) is 13.7 Å². The number of benzene rings is 2. The number of methoxy groups -OCH3 is 1. The van der Waals surface area contributed by atoms with Gasteiger partial charge < -0.3 is 14.0 Å². The minimum atomic E-state index is -0.465. The molecule has 8 nitrogen and oxygen atoms in total. The van der Waals surface area contributed by atoms with Gasteiger partial charge in [-0.05, 0) is 36.8 Å². The molecule has 1 N–H and O–H groups in total. The normalized spacial score (nSPS) is 11.0. The Balaban J connectivity index is 1.93.